The number of ether oxygens (including phenoxy) is 1. The Morgan fingerprint density at radius 1 is 1.27 bits per heavy atom. The summed E-state index contributed by atoms with van der Waals surface area (Å²) in [6, 6.07) is 6.34. The molecule has 122 valence electrons. The van der Waals surface area contributed by atoms with Crippen LogP contribution >= 0.6 is 0 Å². The van der Waals surface area contributed by atoms with Crippen LogP contribution in [0.15, 0.2) is 18.2 Å². The predicted molar refractivity (Wildman–Crippen MR) is 89.7 cm³/mol. The van der Waals surface area contributed by atoms with Crippen LogP contribution in [0.2, 0.25) is 0 Å². The summed E-state index contributed by atoms with van der Waals surface area (Å²) in [5, 5.41) is 0. The quantitative estimate of drug-likeness (QED) is 0.827. The molecule has 1 aromatic rings. The molecule has 0 radical (unpaired) electrons. The van der Waals surface area contributed by atoms with Gasteiger partial charge in [-0.2, -0.15) is 0 Å². The smallest absolute Gasteiger partial charge is 0.0585 e. The van der Waals surface area contributed by atoms with Crippen LogP contribution in [0.3, 0.4) is 0 Å². The maximum Gasteiger partial charge on any atom is 0.0585 e. The van der Waals surface area contributed by atoms with Crippen LogP contribution in [0, 0.1) is 18.3 Å². The first kappa shape index (κ1) is 15.9. The van der Waals surface area contributed by atoms with Gasteiger partial charge in [0.1, 0.15) is 0 Å². The third-order valence-corrected chi connectivity index (χ3v) is 5.23. The number of pyridine rings is 1. The fourth-order valence-corrected chi connectivity index (χ4v) is 3.86. The molecule has 0 unspecified atom stereocenters. The molecule has 1 aliphatic heterocycles. The Bertz CT molecular complexity index is 484. The Labute approximate surface area is 135 Å². The molecule has 1 spiro atoms. The molecule has 3 rings (SSSR count). The highest BCUT2D eigenvalue weighted by atomic mass is 16.5. The van der Waals surface area contributed by atoms with Gasteiger partial charge in [0, 0.05) is 18.8 Å². The number of aryl methyl sites for hydroxylation is 1. The van der Waals surface area contributed by atoms with E-state index >= 15 is 0 Å². The van der Waals surface area contributed by atoms with Crippen molar-refractivity contribution in [2.45, 2.75) is 59.1 Å². The molecule has 2 fully saturated rings. The number of likely N-dealkylation sites (tertiary alicyclic amines) is 1. The number of hydrogen-bond acceptors (Lipinski definition) is 3. The van der Waals surface area contributed by atoms with E-state index < -0.39 is 0 Å². The molecule has 0 atom stereocenters. The van der Waals surface area contributed by atoms with E-state index in [1.807, 2.05) is 0 Å². The van der Waals surface area contributed by atoms with Gasteiger partial charge in [-0.25, -0.2) is 0 Å². The molecular weight excluding hydrogens is 272 g/mol. The largest absolute Gasteiger partial charge is 0.378 e. The lowest BCUT2D eigenvalue weighted by Gasteiger charge is -2.52. The summed E-state index contributed by atoms with van der Waals surface area (Å²) in [6.45, 7) is 10.9. The van der Waals surface area contributed by atoms with Gasteiger partial charge in [-0.15, -0.1) is 0 Å². The lowest BCUT2D eigenvalue weighted by molar-refractivity contribution is -0.110. The number of piperidine rings is 1. The summed E-state index contributed by atoms with van der Waals surface area (Å²) in [5.41, 5.74) is 2.93. The summed E-state index contributed by atoms with van der Waals surface area (Å²) in [4.78, 5) is 7.19. The first-order valence-electron chi connectivity index (χ1n) is 8.81. The second-order valence-corrected chi connectivity index (χ2v) is 7.80. The molecule has 0 bridgehead atoms. The highest BCUT2D eigenvalue weighted by Crippen LogP contribution is 2.50. The molecule has 2 aliphatic rings. The van der Waals surface area contributed by atoms with Gasteiger partial charge in [0.05, 0.1) is 11.8 Å². The van der Waals surface area contributed by atoms with Crippen molar-refractivity contribution in [2.24, 2.45) is 11.3 Å². The summed E-state index contributed by atoms with van der Waals surface area (Å²) in [7, 11) is 0. The summed E-state index contributed by atoms with van der Waals surface area (Å²) in [6.07, 6.45) is 5.78. The topological polar surface area (TPSA) is 25.4 Å². The second kappa shape index (κ2) is 6.67. The molecule has 1 saturated heterocycles. The van der Waals surface area contributed by atoms with E-state index in [0.29, 0.717) is 17.4 Å². The van der Waals surface area contributed by atoms with Crippen LogP contribution < -0.4 is 0 Å². The molecule has 0 aromatic carbocycles. The van der Waals surface area contributed by atoms with Crippen molar-refractivity contribution in [1.29, 1.82) is 0 Å². The number of rotatable bonds is 5. The van der Waals surface area contributed by atoms with Crippen molar-refractivity contribution in [3.63, 3.8) is 0 Å². The summed E-state index contributed by atoms with van der Waals surface area (Å²) in [5.74, 6) is 0.653. The van der Waals surface area contributed by atoms with E-state index in [0.717, 1.165) is 18.8 Å². The molecule has 22 heavy (non-hydrogen) atoms. The molecule has 3 heteroatoms. The summed E-state index contributed by atoms with van der Waals surface area (Å²) >= 11 is 0. The predicted octanol–water partition coefficient (Wildman–Crippen LogP) is 3.81. The van der Waals surface area contributed by atoms with Gasteiger partial charge in [0.15, 0.2) is 0 Å². The van der Waals surface area contributed by atoms with Gasteiger partial charge in [0.25, 0.3) is 0 Å². The molecule has 0 amide bonds. The fourth-order valence-electron chi connectivity index (χ4n) is 3.86. The van der Waals surface area contributed by atoms with Gasteiger partial charge >= 0.3 is 0 Å². The van der Waals surface area contributed by atoms with Gasteiger partial charge in [0.2, 0.25) is 0 Å². The van der Waals surface area contributed by atoms with Gasteiger partial charge < -0.3 is 4.74 Å². The molecule has 0 N–H and O–H groups in total. The molecular formula is C19H30N2O. The molecule has 1 saturated carbocycles. The number of nitrogens with zero attached hydrogens (tertiary/aromatic N) is 2. The Morgan fingerprint density at radius 2 is 2.00 bits per heavy atom. The van der Waals surface area contributed by atoms with Crippen molar-refractivity contribution in [3.8, 4) is 0 Å². The van der Waals surface area contributed by atoms with Gasteiger partial charge in [-0.1, -0.05) is 19.9 Å². The standard InChI is InChI=1S/C19H30N2O/c1-15(2)14-22-18-11-19(12-18)7-9-21(10-8-19)13-17-6-4-5-16(3)20-17/h4-6,15,18H,7-14H2,1-3H3. The van der Waals surface area contributed by atoms with Crippen molar-refractivity contribution < 1.29 is 4.74 Å². The molecule has 2 heterocycles. The first-order chi connectivity index (χ1) is 10.5. The van der Waals surface area contributed by atoms with E-state index in [9.17, 15) is 0 Å². The average Bonchev–Trinajstić information content (AvgIpc) is 2.44. The molecule has 3 nitrogen and oxygen atoms in total. The third-order valence-electron chi connectivity index (χ3n) is 5.23. The van der Waals surface area contributed by atoms with Gasteiger partial charge in [-0.05, 0) is 69.2 Å². The highest BCUT2D eigenvalue weighted by Gasteiger charge is 2.46. The monoisotopic (exact) mass is 302 g/mol. The maximum atomic E-state index is 5.98. The van der Waals surface area contributed by atoms with Crippen LogP contribution in [0.4, 0.5) is 0 Å². The Balaban J connectivity index is 1.42. The Hall–Kier alpha value is -0.930. The van der Waals surface area contributed by atoms with Crippen molar-refractivity contribution >= 4 is 0 Å². The van der Waals surface area contributed by atoms with E-state index in [4.69, 9.17) is 4.74 Å². The number of hydrogen-bond donors (Lipinski definition) is 0. The zero-order valence-corrected chi connectivity index (χ0v) is 14.3. The van der Waals surface area contributed by atoms with Crippen molar-refractivity contribution in [2.75, 3.05) is 19.7 Å². The average molecular weight is 302 g/mol. The van der Waals surface area contributed by atoms with E-state index in [-0.39, 0.29) is 0 Å². The van der Waals surface area contributed by atoms with Crippen LogP contribution in [-0.2, 0) is 11.3 Å². The first-order valence-corrected chi connectivity index (χ1v) is 8.81. The maximum absolute atomic E-state index is 5.98. The third kappa shape index (κ3) is 3.88. The fraction of sp³-hybridized carbons (Fsp3) is 0.737. The summed E-state index contributed by atoms with van der Waals surface area (Å²) < 4.78 is 5.98. The zero-order chi connectivity index (χ0) is 15.6. The minimum atomic E-state index is 0.535. The van der Waals surface area contributed by atoms with Crippen molar-refractivity contribution in [3.05, 3.63) is 29.6 Å². The second-order valence-electron chi connectivity index (χ2n) is 7.80. The number of aromatic nitrogens is 1. The molecule has 1 aromatic heterocycles. The van der Waals surface area contributed by atoms with E-state index in [1.165, 1.54) is 44.5 Å². The highest BCUT2D eigenvalue weighted by molar-refractivity contribution is 5.10. The minimum Gasteiger partial charge on any atom is -0.378 e. The van der Waals surface area contributed by atoms with Crippen LogP contribution in [-0.4, -0.2) is 35.7 Å². The lowest BCUT2D eigenvalue weighted by Crippen LogP contribution is -2.49. The Kier molecular flexibility index (Phi) is 4.84. The Morgan fingerprint density at radius 3 is 2.64 bits per heavy atom. The van der Waals surface area contributed by atoms with Gasteiger partial charge in [-0.3, -0.25) is 9.88 Å². The minimum absolute atomic E-state index is 0.535. The van der Waals surface area contributed by atoms with E-state index in [2.05, 4.69) is 48.9 Å². The van der Waals surface area contributed by atoms with Crippen LogP contribution in [0.5, 0.6) is 0 Å². The normalized spacial score (nSPS) is 22.2. The molecule has 1 aliphatic carbocycles. The van der Waals surface area contributed by atoms with Crippen molar-refractivity contribution in [1.82, 2.24) is 9.88 Å². The zero-order valence-electron chi connectivity index (χ0n) is 14.3. The van der Waals surface area contributed by atoms with Crippen LogP contribution in [0.1, 0.15) is 50.9 Å². The van der Waals surface area contributed by atoms with Crippen LogP contribution in [0.25, 0.3) is 0 Å². The van der Waals surface area contributed by atoms with E-state index in [1.54, 1.807) is 0 Å². The lowest BCUT2D eigenvalue weighted by atomic mass is 9.61. The SMILES string of the molecule is Cc1cccc(CN2CCC3(CC2)CC(OCC(C)C)C3)n1.